The first-order valence-electron chi connectivity index (χ1n) is 10.3. The largest absolute Gasteiger partial charge is 0.494 e. The normalized spacial score (nSPS) is 11.6. The Morgan fingerprint density at radius 1 is 1.12 bits per heavy atom. The van der Waals surface area contributed by atoms with Crippen molar-refractivity contribution in [3.63, 3.8) is 0 Å². The Labute approximate surface area is 194 Å². The van der Waals surface area contributed by atoms with Crippen LogP contribution >= 0.6 is 11.3 Å². The average Bonchev–Trinajstić information content (AvgIpc) is 3.14. The summed E-state index contributed by atoms with van der Waals surface area (Å²) in [6.07, 6.45) is 0. The maximum atomic E-state index is 13.1. The predicted octanol–water partition coefficient (Wildman–Crippen LogP) is 3.80. The summed E-state index contributed by atoms with van der Waals surface area (Å²) in [5, 5.41) is 11.6. The molecule has 0 saturated heterocycles. The number of nitrogens with zero attached hydrogens (tertiary/aromatic N) is 3. The van der Waals surface area contributed by atoms with E-state index in [9.17, 15) is 14.9 Å². The highest BCUT2D eigenvalue weighted by Gasteiger charge is 2.24. The smallest absolute Gasteiger partial charge is 0.286 e. The number of hydrogen-bond acceptors (Lipinski definition) is 8. The summed E-state index contributed by atoms with van der Waals surface area (Å²) in [7, 11) is 2.75. The summed E-state index contributed by atoms with van der Waals surface area (Å²) in [6.45, 7) is 5.77. The number of ether oxygens (including phenoxy) is 4. The fourth-order valence-electron chi connectivity index (χ4n) is 3.25. The van der Waals surface area contributed by atoms with Crippen LogP contribution in [0, 0.1) is 10.1 Å². The topological polar surface area (TPSA) is 114 Å². The van der Waals surface area contributed by atoms with Crippen molar-refractivity contribution in [3.8, 4) is 17.2 Å². The number of carbonyl (C=O) groups is 1. The van der Waals surface area contributed by atoms with Crippen LogP contribution in [0.25, 0.3) is 10.2 Å². The highest BCUT2D eigenvalue weighted by Crippen LogP contribution is 2.35. The number of aromatic nitrogens is 1. The lowest BCUT2D eigenvalue weighted by atomic mass is 10.1. The van der Waals surface area contributed by atoms with Gasteiger partial charge in [-0.25, -0.2) is 0 Å². The van der Waals surface area contributed by atoms with E-state index in [1.54, 1.807) is 0 Å². The van der Waals surface area contributed by atoms with Gasteiger partial charge in [0.1, 0.15) is 11.3 Å². The molecule has 11 heteroatoms. The molecule has 2 aromatic carbocycles. The monoisotopic (exact) mass is 475 g/mol. The molecule has 0 aliphatic heterocycles. The van der Waals surface area contributed by atoms with Crippen molar-refractivity contribution in [1.82, 2.24) is 4.57 Å². The molecule has 33 heavy (non-hydrogen) atoms. The zero-order valence-corrected chi connectivity index (χ0v) is 19.6. The molecule has 0 aliphatic rings. The number of fused-ring (bicyclic) bond motifs is 1. The summed E-state index contributed by atoms with van der Waals surface area (Å²) < 4.78 is 24.1. The second-order valence-electron chi connectivity index (χ2n) is 6.69. The summed E-state index contributed by atoms with van der Waals surface area (Å²) in [4.78, 5) is 28.7. The van der Waals surface area contributed by atoms with Crippen molar-refractivity contribution in [2.24, 2.45) is 4.99 Å². The number of amides is 1. The Kier molecular flexibility index (Phi) is 8.01. The Morgan fingerprint density at radius 3 is 2.48 bits per heavy atom. The number of nitro benzene ring substituents is 1. The minimum absolute atomic E-state index is 0.151. The Hall–Kier alpha value is -3.44. The average molecular weight is 476 g/mol. The van der Waals surface area contributed by atoms with Gasteiger partial charge in [0.15, 0.2) is 16.3 Å². The van der Waals surface area contributed by atoms with E-state index in [4.69, 9.17) is 18.9 Å². The number of rotatable bonds is 10. The van der Waals surface area contributed by atoms with Crippen LogP contribution < -0.4 is 19.0 Å². The quantitative estimate of drug-likeness (QED) is 0.249. The molecule has 0 spiro atoms. The Morgan fingerprint density at radius 2 is 1.85 bits per heavy atom. The van der Waals surface area contributed by atoms with Crippen LogP contribution in [0.4, 0.5) is 5.69 Å². The van der Waals surface area contributed by atoms with Crippen molar-refractivity contribution < 1.29 is 28.7 Å². The molecule has 0 unspecified atom stereocenters. The van der Waals surface area contributed by atoms with Crippen molar-refractivity contribution in [2.75, 3.05) is 34.0 Å². The van der Waals surface area contributed by atoms with Gasteiger partial charge in [-0.1, -0.05) is 11.3 Å². The SMILES string of the molecule is CCOCCn1c(=NC(=O)c2cc(OC)c(OC)cc2[N+](=O)[O-])sc2cc(OCC)ccc21. The third-order valence-electron chi connectivity index (χ3n) is 4.75. The molecule has 3 aromatic rings. The number of nitro groups is 1. The van der Waals surface area contributed by atoms with Crippen LogP contribution in [0.5, 0.6) is 17.2 Å². The molecule has 0 bridgehead atoms. The second-order valence-corrected chi connectivity index (χ2v) is 7.70. The van der Waals surface area contributed by atoms with E-state index in [2.05, 4.69) is 4.99 Å². The minimum atomic E-state index is -0.760. The number of hydrogen-bond donors (Lipinski definition) is 0. The first kappa shape index (κ1) is 24.2. The lowest BCUT2D eigenvalue weighted by Crippen LogP contribution is -2.20. The van der Waals surface area contributed by atoms with Crippen LogP contribution in [0.1, 0.15) is 24.2 Å². The summed E-state index contributed by atoms with van der Waals surface area (Å²) in [5.41, 5.74) is 0.250. The van der Waals surface area contributed by atoms with Crippen LogP contribution in [-0.2, 0) is 11.3 Å². The molecule has 1 aromatic heterocycles. The molecule has 3 rings (SSSR count). The number of methoxy groups -OCH3 is 2. The number of thiazole rings is 1. The third kappa shape index (κ3) is 5.32. The van der Waals surface area contributed by atoms with E-state index < -0.39 is 16.5 Å². The fraction of sp³-hybridized carbons (Fsp3) is 0.364. The first-order chi connectivity index (χ1) is 15.9. The molecule has 0 fully saturated rings. The van der Waals surface area contributed by atoms with Crippen molar-refractivity contribution in [2.45, 2.75) is 20.4 Å². The molecule has 0 aliphatic carbocycles. The first-order valence-corrected chi connectivity index (χ1v) is 11.1. The summed E-state index contributed by atoms with van der Waals surface area (Å²) in [6, 6.07) is 8.05. The Balaban J connectivity index is 2.15. The molecule has 176 valence electrons. The zero-order chi connectivity index (χ0) is 24.0. The predicted molar refractivity (Wildman–Crippen MR) is 124 cm³/mol. The molecule has 0 atom stereocenters. The highest BCUT2D eigenvalue weighted by molar-refractivity contribution is 7.16. The highest BCUT2D eigenvalue weighted by atomic mass is 32.1. The molecule has 1 heterocycles. The number of carbonyl (C=O) groups excluding carboxylic acids is 1. The lowest BCUT2D eigenvalue weighted by Gasteiger charge is -2.09. The molecule has 0 saturated carbocycles. The lowest BCUT2D eigenvalue weighted by molar-refractivity contribution is -0.385. The maximum absolute atomic E-state index is 13.1. The van der Waals surface area contributed by atoms with Gasteiger partial charge in [-0.2, -0.15) is 4.99 Å². The Bertz CT molecular complexity index is 1230. The van der Waals surface area contributed by atoms with Gasteiger partial charge in [-0.15, -0.1) is 0 Å². The van der Waals surface area contributed by atoms with E-state index in [1.807, 2.05) is 36.6 Å². The molecule has 1 amide bonds. The van der Waals surface area contributed by atoms with Gasteiger partial charge in [-0.05, 0) is 32.0 Å². The van der Waals surface area contributed by atoms with Gasteiger partial charge in [0.2, 0.25) is 0 Å². The zero-order valence-electron chi connectivity index (χ0n) is 18.8. The summed E-state index contributed by atoms with van der Waals surface area (Å²) >= 11 is 1.29. The van der Waals surface area contributed by atoms with Crippen LogP contribution in [-0.4, -0.2) is 49.4 Å². The van der Waals surface area contributed by atoms with Gasteiger partial charge < -0.3 is 23.5 Å². The van der Waals surface area contributed by atoms with E-state index in [-0.39, 0.29) is 17.1 Å². The van der Waals surface area contributed by atoms with Gasteiger partial charge in [0, 0.05) is 19.2 Å². The third-order valence-corrected chi connectivity index (χ3v) is 5.80. The van der Waals surface area contributed by atoms with Crippen molar-refractivity contribution in [3.05, 3.63) is 50.8 Å². The molecule has 0 N–H and O–H groups in total. The second kappa shape index (κ2) is 10.9. The van der Waals surface area contributed by atoms with E-state index in [0.717, 1.165) is 16.3 Å². The summed E-state index contributed by atoms with van der Waals surface area (Å²) in [5.74, 6) is 0.294. The van der Waals surface area contributed by atoms with Gasteiger partial charge in [0.25, 0.3) is 11.6 Å². The fourth-order valence-corrected chi connectivity index (χ4v) is 4.33. The van der Waals surface area contributed by atoms with Gasteiger partial charge in [-0.3, -0.25) is 14.9 Å². The minimum Gasteiger partial charge on any atom is -0.494 e. The maximum Gasteiger partial charge on any atom is 0.286 e. The van der Waals surface area contributed by atoms with Crippen LogP contribution in [0.2, 0.25) is 0 Å². The van der Waals surface area contributed by atoms with Crippen molar-refractivity contribution in [1.29, 1.82) is 0 Å². The molecule has 0 radical (unpaired) electrons. The van der Waals surface area contributed by atoms with Crippen LogP contribution in [0.15, 0.2) is 35.3 Å². The van der Waals surface area contributed by atoms with Gasteiger partial charge >= 0.3 is 0 Å². The van der Waals surface area contributed by atoms with E-state index >= 15 is 0 Å². The van der Waals surface area contributed by atoms with Gasteiger partial charge in [0.05, 0.1) is 48.6 Å². The van der Waals surface area contributed by atoms with E-state index in [0.29, 0.717) is 36.9 Å². The molecular weight excluding hydrogens is 450 g/mol. The standard InChI is InChI=1S/C22H25N3O7S/c1-5-31-10-9-24-16-8-7-14(32-6-2)11-20(16)33-22(24)23-21(26)15-12-18(29-3)19(30-4)13-17(15)25(27)28/h7-8,11-13H,5-6,9-10H2,1-4H3. The van der Waals surface area contributed by atoms with E-state index in [1.165, 1.54) is 31.6 Å². The van der Waals surface area contributed by atoms with Crippen molar-refractivity contribution >= 4 is 33.1 Å². The molecular formula is C22H25N3O7S. The number of benzene rings is 2. The molecule has 10 nitrogen and oxygen atoms in total. The van der Waals surface area contributed by atoms with Crippen LogP contribution in [0.3, 0.4) is 0 Å².